The Hall–Kier alpha value is -4.08. The van der Waals surface area contributed by atoms with Crippen molar-refractivity contribution in [3.8, 4) is 0 Å². The van der Waals surface area contributed by atoms with Crippen molar-refractivity contribution in [3.63, 3.8) is 0 Å². The quantitative estimate of drug-likeness (QED) is 0.382. The number of aromatic nitrogens is 3. The van der Waals surface area contributed by atoms with Gasteiger partial charge in [0.05, 0.1) is 11.1 Å². The van der Waals surface area contributed by atoms with Crippen LogP contribution in [0.15, 0.2) is 58.4 Å². The molecule has 10 nitrogen and oxygen atoms in total. The molecule has 0 aliphatic carbocycles. The summed E-state index contributed by atoms with van der Waals surface area (Å²) >= 11 is 0. The van der Waals surface area contributed by atoms with E-state index in [2.05, 4.69) is 25.7 Å². The Labute approximate surface area is 159 Å². The van der Waals surface area contributed by atoms with Gasteiger partial charge in [-0.3, -0.25) is 19.9 Å². The molecule has 0 atom stereocenters. The molecule has 0 spiro atoms. The van der Waals surface area contributed by atoms with Crippen molar-refractivity contribution in [1.29, 1.82) is 0 Å². The van der Waals surface area contributed by atoms with Gasteiger partial charge >= 0.3 is 0 Å². The van der Waals surface area contributed by atoms with Crippen LogP contribution < -0.4 is 15.9 Å². The first-order valence-corrected chi connectivity index (χ1v) is 8.25. The van der Waals surface area contributed by atoms with Crippen LogP contribution in [0.25, 0.3) is 0 Å². The zero-order chi connectivity index (χ0) is 20.1. The molecule has 0 unspecified atom stereocenters. The minimum Gasteiger partial charge on any atom is -0.339 e. The third-order valence-corrected chi connectivity index (χ3v) is 3.95. The lowest BCUT2D eigenvalue weighted by atomic mass is 10.1. The number of nitrogens with zero attached hydrogens (tertiary/aromatic N) is 5. The van der Waals surface area contributed by atoms with Gasteiger partial charge in [0.15, 0.2) is 0 Å². The summed E-state index contributed by atoms with van der Waals surface area (Å²) in [7, 11) is 1.76. The average Bonchev–Trinajstić information content (AvgIpc) is 2.70. The maximum atomic E-state index is 11.5. The molecule has 0 aliphatic rings. The normalized spacial score (nSPS) is 10.8. The molecular formula is C18H17N7O3. The van der Waals surface area contributed by atoms with E-state index in [0.717, 1.165) is 5.69 Å². The van der Waals surface area contributed by atoms with Gasteiger partial charge in [-0.25, -0.2) is 5.43 Å². The van der Waals surface area contributed by atoms with Gasteiger partial charge in [-0.05, 0) is 25.1 Å². The lowest BCUT2D eigenvalue weighted by Gasteiger charge is -2.19. The molecule has 0 saturated heterocycles. The molecule has 142 valence electrons. The van der Waals surface area contributed by atoms with Crippen molar-refractivity contribution >= 4 is 29.2 Å². The van der Waals surface area contributed by atoms with Gasteiger partial charge in [-0.15, -0.1) is 10.2 Å². The third kappa shape index (κ3) is 4.18. The number of para-hydroxylation sites is 1. The number of rotatable bonds is 6. The maximum absolute atomic E-state index is 11.5. The largest absolute Gasteiger partial charge is 0.339 e. The van der Waals surface area contributed by atoms with Crippen molar-refractivity contribution in [1.82, 2.24) is 15.2 Å². The number of H-pyrrole nitrogens is 1. The highest BCUT2D eigenvalue weighted by molar-refractivity contribution is 5.84. The molecule has 0 bridgehead atoms. The molecular weight excluding hydrogens is 362 g/mol. The van der Waals surface area contributed by atoms with E-state index in [1.165, 1.54) is 19.2 Å². The van der Waals surface area contributed by atoms with E-state index in [9.17, 15) is 14.9 Å². The van der Waals surface area contributed by atoms with Gasteiger partial charge in [0.2, 0.25) is 5.95 Å². The number of aromatic amines is 1. The van der Waals surface area contributed by atoms with E-state index >= 15 is 0 Å². The summed E-state index contributed by atoms with van der Waals surface area (Å²) in [4.78, 5) is 26.8. The Morgan fingerprint density at radius 1 is 1.21 bits per heavy atom. The second-order valence-electron chi connectivity index (χ2n) is 5.86. The van der Waals surface area contributed by atoms with E-state index in [-0.39, 0.29) is 22.9 Å². The highest BCUT2D eigenvalue weighted by Gasteiger charge is 2.18. The van der Waals surface area contributed by atoms with Gasteiger partial charge in [0.1, 0.15) is 11.4 Å². The summed E-state index contributed by atoms with van der Waals surface area (Å²) in [5.41, 5.74) is 4.13. The third-order valence-electron chi connectivity index (χ3n) is 3.95. The maximum Gasteiger partial charge on any atom is 0.293 e. The number of hydrogen-bond donors (Lipinski definition) is 2. The first-order chi connectivity index (χ1) is 13.5. The molecule has 0 saturated carbocycles. The van der Waals surface area contributed by atoms with Gasteiger partial charge in [-0.2, -0.15) is 5.10 Å². The average molecular weight is 379 g/mol. The van der Waals surface area contributed by atoms with Crippen LogP contribution in [0.4, 0.5) is 23.0 Å². The smallest absolute Gasteiger partial charge is 0.293 e. The number of anilines is 3. The summed E-state index contributed by atoms with van der Waals surface area (Å²) in [6.07, 6.45) is 1.39. The number of hydrogen-bond acceptors (Lipinski definition) is 8. The Morgan fingerprint density at radius 3 is 2.64 bits per heavy atom. The second-order valence-corrected chi connectivity index (χ2v) is 5.86. The fourth-order valence-electron chi connectivity index (χ4n) is 2.45. The Bertz CT molecular complexity index is 1080. The van der Waals surface area contributed by atoms with Crippen molar-refractivity contribution in [2.45, 2.75) is 6.92 Å². The molecule has 0 fully saturated rings. The van der Waals surface area contributed by atoms with Crippen LogP contribution in [0, 0.1) is 17.0 Å². The van der Waals surface area contributed by atoms with Crippen LogP contribution >= 0.6 is 0 Å². The molecule has 0 aliphatic heterocycles. The second kappa shape index (κ2) is 8.08. The van der Waals surface area contributed by atoms with Crippen molar-refractivity contribution < 1.29 is 4.92 Å². The molecule has 1 aromatic heterocycles. The summed E-state index contributed by atoms with van der Waals surface area (Å²) in [6.45, 7) is 1.53. The summed E-state index contributed by atoms with van der Waals surface area (Å²) < 4.78 is 0. The topological polar surface area (TPSA) is 129 Å². The number of nitrogens with one attached hydrogen (secondary N) is 2. The molecule has 2 aromatic carbocycles. The van der Waals surface area contributed by atoms with E-state index in [0.29, 0.717) is 11.3 Å². The van der Waals surface area contributed by atoms with Crippen molar-refractivity contribution in [2.75, 3.05) is 17.4 Å². The molecule has 2 N–H and O–H groups in total. The molecule has 3 aromatic rings. The highest BCUT2D eigenvalue weighted by atomic mass is 16.6. The van der Waals surface area contributed by atoms with E-state index in [1.54, 1.807) is 24.1 Å². The van der Waals surface area contributed by atoms with Crippen LogP contribution in [-0.4, -0.2) is 33.4 Å². The van der Waals surface area contributed by atoms with Crippen LogP contribution in [0.3, 0.4) is 0 Å². The van der Waals surface area contributed by atoms with Crippen molar-refractivity contribution in [2.24, 2.45) is 5.10 Å². The lowest BCUT2D eigenvalue weighted by molar-refractivity contribution is -0.384. The van der Waals surface area contributed by atoms with E-state index in [4.69, 9.17) is 0 Å². The molecule has 10 heteroatoms. The van der Waals surface area contributed by atoms with Gasteiger partial charge in [0.25, 0.3) is 11.2 Å². The summed E-state index contributed by atoms with van der Waals surface area (Å²) in [5.74, 6) is 0.0711. The van der Waals surface area contributed by atoms with Gasteiger partial charge in [0, 0.05) is 24.4 Å². The van der Waals surface area contributed by atoms with Crippen LogP contribution in [-0.2, 0) is 0 Å². The number of aryl methyl sites for hydroxylation is 1. The molecule has 0 radical (unpaired) electrons. The first kappa shape index (κ1) is 18.7. The monoisotopic (exact) mass is 379 g/mol. The fourth-order valence-corrected chi connectivity index (χ4v) is 2.45. The highest BCUT2D eigenvalue weighted by Crippen LogP contribution is 2.32. The molecule has 3 rings (SSSR count). The van der Waals surface area contributed by atoms with Crippen LogP contribution in [0.2, 0.25) is 0 Å². The standard InChI is InChI=1S/C18H17N7O3/c1-12-17(26)20-18(23-21-12)22-19-11-13-8-9-15(16(10-13)25(27)28)24(2)14-6-4-3-5-7-14/h3-11H,1-2H3,(H2,20,22,23,26)/b19-11-. The number of benzene rings is 2. The minimum atomic E-state index is -0.442. The zero-order valence-electron chi connectivity index (χ0n) is 15.2. The van der Waals surface area contributed by atoms with Crippen molar-refractivity contribution in [3.05, 3.63) is 80.3 Å². The predicted molar refractivity (Wildman–Crippen MR) is 106 cm³/mol. The number of hydrazone groups is 1. The van der Waals surface area contributed by atoms with Crippen LogP contribution in [0.1, 0.15) is 11.3 Å². The Balaban J connectivity index is 1.83. The van der Waals surface area contributed by atoms with E-state index < -0.39 is 4.92 Å². The van der Waals surface area contributed by atoms with E-state index in [1.807, 2.05) is 30.3 Å². The number of nitro benzene ring substituents is 1. The first-order valence-electron chi connectivity index (χ1n) is 8.25. The van der Waals surface area contributed by atoms with Gasteiger partial charge < -0.3 is 4.90 Å². The predicted octanol–water partition coefficient (Wildman–Crippen LogP) is 2.60. The summed E-state index contributed by atoms with van der Waals surface area (Å²) in [5, 5.41) is 22.9. The molecule has 1 heterocycles. The minimum absolute atomic E-state index is 0.0566. The zero-order valence-corrected chi connectivity index (χ0v) is 15.2. The van der Waals surface area contributed by atoms with Crippen LogP contribution in [0.5, 0.6) is 0 Å². The molecule has 28 heavy (non-hydrogen) atoms. The fraction of sp³-hybridized carbons (Fsp3) is 0.111. The Morgan fingerprint density at radius 2 is 1.96 bits per heavy atom. The number of nitro groups is 1. The summed E-state index contributed by atoms with van der Waals surface area (Å²) in [6, 6.07) is 14.1. The SMILES string of the molecule is Cc1nnc(N/N=C\c2ccc(N(C)c3ccccc3)c([N+](=O)[O-])c2)[nH]c1=O. The lowest BCUT2D eigenvalue weighted by Crippen LogP contribution is -2.15. The van der Waals surface area contributed by atoms with Gasteiger partial charge in [-0.1, -0.05) is 24.3 Å². The Kier molecular flexibility index (Phi) is 5.40. The molecule has 0 amide bonds.